The number of aliphatic hydroxyl groups excluding tert-OH is 1. The van der Waals surface area contributed by atoms with Gasteiger partial charge in [-0.2, -0.15) is 9.78 Å². The van der Waals surface area contributed by atoms with Crippen LogP contribution in [0, 0.1) is 0 Å². The van der Waals surface area contributed by atoms with Gasteiger partial charge in [-0.15, -0.1) is 11.3 Å². The SMILES string of the molecule is COc1ccc(=O)n(CC(=O)N2CCOCC2)c1-c1cc(NCc2ccc(Cl)s2)n(C(=O)c2cccc(CO)c2)n1. The van der Waals surface area contributed by atoms with Gasteiger partial charge in [0.2, 0.25) is 5.91 Å². The number of amides is 1. The summed E-state index contributed by atoms with van der Waals surface area (Å²) < 4.78 is 14.1. The molecule has 1 amide bonds. The van der Waals surface area contributed by atoms with Crippen molar-refractivity contribution in [3.63, 3.8) is 0 Å². The summed E-state index contributed by atoms with van der Waals surface area (Å²) in [4.78, 5) is 42.5. The molecule has 0 aliphatic carbocycles. The van der Waals surface area contributed by atoms with Gasteiger partial charge in [0.25, 0.3) is 11.5 Å². The first-order valence-electron chi connectivity index (χ1n) is 12.8. The molecule has 214 valence electrons. The zero-order chi connectivity index (χ0) is 28.9. The van der Waals surface area contributed by atoms with Crippen molar-refractivity contribution in [2.75, 3.05) is 38.7 Å². The quantitative estimate of drug-likeness (QED) is 0.301. The number of halogens is 1. The number of hydrogen-bond acceptors (Lipinski definition) is 9. The predicted molar refractivity (Wildman–Crippen MR) is 155 cm³/mol. The number of ether oxygens (including phenoxy) is 2. The molecule has 0 radical (unpaired) electrons. The monoisotopic (exact) mass is 597 g/mol. The molecule has 1 saturated heterocycles. The lowest BCUT2D eigenvalue weighted by molar-refractivity contribution is -0.135. The molecule has 41 heavy (non-hydrogen) atoms. The van der Waals surface area contributed by atoms with E-state index < -0.39 is 11.5 Å². The van der Waals surface area contributed by atoms with Crippen molar-refractivity contribution in [3.8, 4) is 17.1 Å². The van der Waals surface area contributed by atoms with Crippen LogP contribution in [0.4, 0.5) is 5.82 Å². The Kier molecular flexibility index (Phi) is 8.84. The molecule has 5 rings (SSSR count). The van der Waals surface area contributed by atoms with Gasteiger partial charge in [-0.1, -0.05) is 23.7 Å². The van der Waals surface area contributed by atoms with Gasteiger partial charge in [0.15, 0.2) is 0 Å². The summed E-state index contributed by atoms with van der Waals surface area (Å²) in [6, 6.07) is 14.8. The third kappa shape index (κ3) is 6.35. The fraction of sp³-hybridized carbons (Fsp3) is 0.286. The number of benzene rings is 1. The fourth-order valence-electron chi connectivity index (χ4n) is 4.52. The number of anilines is 1. The van der Waals surface area contributed by atoms with E-state index in [1.807, 2.05) is 6.07 Å². The third-order valence-corrected chi connectivity index (χ3v) is 7.83. The van der Waals surface area contributed by atoms with Crippen LogP contribution in [-0.4, -0.2) is 69.6 Å². The lowest BCUT2D eigenvalue weighted by Gasteiger charge is -2.27. The summed E-state index contributed by atoms with van der Waals surface area (Å²) in [6.45, 7) is 1.63. The Morgan fingerprint density at radius 2 is 1.95 bits per heavy atom. The molecular weight excluding hydrogens is 570 g/mol. The van der Waals surface area contributed by atoms with Crippen LogP contribution >= 0.6 is 22.9 Å². The number of morpholine rings is 1. The molecule has 1 fully saturated rings. The van der Waals surface area contributed by atoms with E-state index in [9.17, 15) is 19.5 Å². The van der Waals surface area contributed by atoms with E-state index >= 15 is 0 Å². The maximum atomic E-state index is 13.7. The summed E-state index contributed by atoms with van der Waals surface area (Å²) in [7, 11) is 1.46. The molecule has 0 bridgehead atoms. The van der Waals surface area contributed by atoms with Gasteiger partial charge in [0.05, 0.1) is 37.8 Å². The molecule has 1 aliphatic rings. The van der Waals surface area contributed by atoms with Crippen LogP contribution in [0.15, 0.2) is 59.4 Å². The predicted octanol–water partition coefficient (Wildman–Crippen LogP) is 3.09. The number of aromatic nitrogens is 3. The zero-order valence-electron chi connectivity index (χ0n) is 22.2. The van der Waals surface area contributed by atoms with E-state index in [4.69, 9.17) is 21.1 Å². The lowest BCUT2D eigenvalue weighted by atomic mass is 10.1. The van der Waals surface area contributed by atoms with E-state index in [1.54, 1.807) is 41.3 Å². The van der Waals surface area contributed by atoms with Crippen molar-refractivity contribution in [2.24, 2.45) is 0 Å². The standard InChI is InChI=1S/C28H28ClN5O6S/c1-39-22-6-8-25(36)33(16-26(37)32-9-11-40-12-10-32)27(22)21-14-24(30-15-20-5-7-23(29)41-20)34(31-21)28(38)19-4-2-3-18(13-19)17-35/h2-8,13-14,30,35H,9-12,15-17H2,1H3. The average molecular weight is 598 g/mol. The van der Waals surface area contributed by atoms with E-state index in [-0.39, 0.29) is 30.4 Å². The highest BCUT2D eigenvalue weighted by Crippen LogP contribution is 2.31. The van der Waals surface area contributed by atoms with Crippen molar-refractivity contribution in [2.45, 2.75) is 19.7 Å². The number of hydrogen-bond donors (Lipinski definition) is 2. The Labute approximate surface area is 244 Å². The molecule has 0 unspecified atom stereocenters. The smallest absolute Gasteiger partial charge is 0.280 e. The van der Waals surface area contributed by atoms with Crippen molar-refractivity contribution < 1.29 is 24.2 Å². The first kappa shape index (κ1) is 28.6. The lowest BCUT2D eigenvalue weighted by Crippen LogP contribution is -2.43. The second kappa shape index (κ2) is 12.7. The van der Waals surface area contributed by atoms with Gasteiger partial charge in [-0.05, 0) is 35.9 Å². The second-order valence-electron chi connectivity index (χ2n) is 9.22. The first-order chi connectivity index (χ1) is 19.9. The van der Waals surface area contributed by atoms with E-state index in [1.165, 1.54) is 39.8 Å². The Morgan fingerprint density at radius 3 is 2.66 bits per heavy atom. The minimum atomic E-state index is -0.452. The van der Waals surface area contributed by atoms with Crippen molar-refractivity contribution in [3.05, 3.63) is 85.3 Å². The molecule has 0 atom stereocenters. The van der Waals surface area contributed by atoms with Crippen molar-refractivity contribution in [1.29, 1.82) is 0 Å². The van der Waals surface area contributed by atoms with Gasteiger partial charge < -0.3 is 24.8 Å². The number of carbonyl (C=O) groups is 2. The average Bonchev–Trinajstić information content (AvgIpc) is 3.62. The molecule has 4 aromatic rings. The van der Waals surface area contributed by atoms with Gasteiger partial charge in [-0.3, -0.25) is 19.0 Å². The zero-order valence-corrected chi connectivity index (χ0v) is 23.8. The highest BCUT2D eigenvalue weighted by atomic mass is 35.5. The number of methoxy groups -OCH3 is 1. The van der Waals surface area contributed by atoms with Gasteiger partial charge in [0.1, 0.15) is 29.5 Å². The summed E-state index contributed by atoms with van der Waals surface area (Å²) >= 11 is 7.49. The summed E-state index contributed by atoms with van der Waals surface area (Å²) in [6.07, 6.45) is 0. The Hall–Kier alpha value is -3.97. The van der Waals surface area contributed by atoms with Crippen LogP contribution < -0.4 is 15.6 Å². The molecule has 11 nitrogen and oxygen atoms in total. The number of nitrogens with one attached hydrogen (secondary N) is 1. The second-order valence-corrected chi connectivity index (χ2v) is 11.0. The Bertz CT molecular complexity index is 1620. The highest BCUT2D eigenvalue weighted by Gasteiger charge is 2.25. The third-order valence-electron chi connectivity index (χ3n) is 6.60. The number of aliphatic hydroxyl groups is 1. The maximum Gasteiger partial charge on any atom is 0.280 e. The molecule has 0 saturated carbocycles. The molecule has 2 N–H and O–H groups in total. The van der Waals surface area contributed by atoms with Gasteiger partial charge in [-0.25, -0.2) is 0 Å². The summed E-state index contributed by atoms with van der Waals surface area (Å²) in [5, 5.41) is 17.4. The van der Waals surface area contributed by atoms with Crippen LogP contribution in [-0.2, 0) is 29.2 Å². The van der Waals surface area contributed by atoms with Crippen LogP contribution in [0.2, 0.25) is 4.34 Å². The molecular formula is C28H28ClN5O6S. The molecule has 4 heterocycles. The van der Waals surface area contributed by atoms with Crippen molar-refractivity contribution >= 4 is 40.6 Å². The molecule has 1 aliphatic heterocycles. The van der Waals surface area contributed by atoms with Gasteiger partial charge in [0, 0.05) is 35.7 Å². The van der Waals surface area contributed by atoms with E-state index in [0.717, 1.165) is 4.88 Å². The highest BCUT2D eigenvalue weighted by molar-refractivity contribution is 7.16. The molecule has 1 aromatic carbocycles. The number of thiophene rings is 1. The Morgan fingerprint density at radius 1 is 1.15 bits per heavy atom. The van der Waals surface area contributed by atoms with Crippen LogP contribution in [0.5, 0.6) is 5.75 Å². The molecule has 0 spiro atoms. The molecule has 3 aromatic heterocycles. The molecule has 13 heteroatoms. The summed E-state index contributed by atoms with van der Waals surface area (Å²) in [5.74, 6) is -0.0238. The number of pyridine rings is 1. The fourth-order valence-corrected chi connectivity index (χ4v) is 5.55. The number of rotatable bonds is 9. The largest absolute Gasteiger partial charge is 0.494 e. The number of nitrogens with zero attached hydrogens (tertiary/aromatic N) is 4. The van der Waals surface area contributed by atoms with Crippen LogP contribution in [0.1, 0.15) is 20.8 Å². The Balaban J connectivity index is 1.58. The van der Waals surface area contributed by atoms with Gasteiger partial charge >= 0.3 is 0 Å². The minimum absolute atomic E-state index is 0.222. The minimum Gasteiger partial charge on any atom is -0.494 e. The topological polar surface area (TPSA) is 128 Å². The van der Waals surface area contributed by atoms with Crippen LogP contribution in [0.25, 0.3) is 11.4 Å². The summed E-state index contributed by atoms with van der Waals surface area (Å²) in [5.41, 5.74) is 0.994. The normalized spacial score (nSPS) is 13.3. The van der Waals surface area contributed by atoms with Crippen molar-refractivity contribution in [1.82, 2.24) is 19.2 Å². The van der Waals surface area contributed by atoms with E-state index in [2.05, 4.69) is 10.4 Å². The van der Waals surface area contributed by atoms with E-state index in [0.29, 0.717) is 59.9 Å². The van der Waals surface area contributed by atoms with Crippen LogP contribution in [0.3, 0.4) is 0 Å². The number of carbonyl (C=O) groups excluding carboxylic acids is 2. The first-order valence-corrected chi connectivity index (χ1v) is 14.0. The maximum absolute atomic E-state index is 13.7.